The highest BCUT2D eigenvalue weighted by atomic mass is 19.4. The zero-order valence-corrected chi connectivity index (χ0v) is 19.7. The molecule has 2 heterocycles. The molecular weight excluding hydrogens is 461 g/mol. The zero-order chi connectivity index (χ0) is 25.3. The first-order valence-corrected chi connectivity index (χ1v) is 11.2. The second kappa shape index (κ2) is 9.57. The number of carbonyl (C=O) groups is 1. The highest BCUT2D eigenvalue weighted by Gasteiger charge is 2.31. The minimum atomic E-state index is -4.51. The van der Waals surface area contributed by atoms with Gasteiger partial charge in [0.1, 0.15) is 0 Å². The van der Waals surface area contributed by atoms with Gasteiger partial charge < -0.3 is 26.0 Å². The molecule has 35 heavy (non-hydrogen) atoms. The molecule has 0 spiro atoms. The number of morpholine rings is 1. The van der Waals surface area contributed by atoms with E-state index in [1.165, 1.54) is 6.07 Å². The number of hydrogen-bond donors (Lipinski definition) is 3. The molecule has 2 aromatic carbocycles. The summed E-state index contributed by atoms with van der Waals surface area (Å²) in [4.78, 5) is 14.9. The van der Waals surface area contributed by atoms with Crippen molar-refractivity contribution in [3.05, 3.63) is 52.7 Å². The van der Waals surface area contributed by atoms with Crippen molar-refractivity contribution in [3.63, 3.8) is 0 Å². The van der Waals surface area contributed by atoms with Crippen LogP contribution in [0, 0.1) is 6.92 Å². The number of anilines is 3. The Hall–Kier alpha value is -3.60. The smallest absolute Gasteiger partial charge is 0.399 e. The van der Waals surface area contributed by atoms with Gasteiger partial charge in [0.2, 0.25) is 0 Å². The number of benzene rings is 2. The van der Waals surface area contributed by atoms with E-state index in [1.54, 1.807) is 37.9 Å². The molecule has 3 aromatic rings. The molecule has 0 unspecified atom stereocenters. The van der Waals surface area contributed by atoms with Gasteiger partial charge in [0.05, 0.1) is 36.1 Å². The molecule has 1 amide bonds. The second-order valence-corrected chi connectivity index (χ2v) is 8.48. The Morgan fingerprint density at radius 2 is 1.83 bits per heavy atom. The number of fused-ring (bicyclic) bond motifs is 1. The quantitative estimate of drug-likeness (QED) is 0.462. The van der Waals surface area contributed by atoms with E-state index in [2.05, 4.69) is 20.8 Å². The van der Waals surface area contributed by atoms with Gasteiger partial charge in [-0.3, -0.25) is 4.79 Å². The van der Waals surface area contributed by atoms with Gasteiger partial charge in [-0.1, -0.05) is 0 Å². The normalized spacial score (nSPS) is 15.2. The number of nitrogens with zero attached hydrogens (tertiary/aromatic N) is 3. The number of amides is 1. The molecular formula is C24H27F3N6O2. The SMILES string of the molecule is CNc1cc2c(N[C@H](C)c3cc(N)cc(C(F)(F)F)c3)nnc(C)c2cc1C(=O)N1CCOCC1. The summed E-state index contributed by atoms with van der Waals surface area (Å²) in [6, 6.07) is 6.50. The Balaban J connectivity index is 1.72. The number of rotatable bonds is 5. The number of halogens is 3. The van der Waals surface area contributed by atoms with Crippen molar-refractivity contribution >= 4 is 33.9 Å². The highest BCUT2D eigenvalue weighted by molar-refractivity contribution is 6.06. The minimum Gasteiger partial charge on any atom is -0.399 e. The van der Waals surface area contributed by atoms with Crippen molar-refractivity contribution in [1.82, 2.24) is 15.1 Å². The van der Waals surface area contributed by atoms with Crippen molar-refractivity contribution in [1.29, 1.82) is 0 Å². The van der Waals surface area contributed by atoms with E-state index in [1.807, 2.05) is 0 Å². The second-order valence-electron chi connectivity index (χ2n) is 8.48. The maximum absolute atomic E-state index is 13.3. The van der Waals surface area contributed by atoms with Gasteiger partial charge in [0.15, 0.2) is 5.82 Å². The van der Waals surface area contributed by atoms with E-state index in [0.29, 0.717) is 65.4 Å². The summed E-state index contributed by atoms with van der Waals surface area (Å²) >= 11 is 0. The van der Waals surface area contributed by atoms with Gasteiger partial charge in [-0.25, -0.2) is 0 Å². The Bertz CT molecular complexity index is 1260. The standard InChI is InChI=1S/C24H27F3N6O2/c1-13(15-8-16(24(25,26)27)10-17(28)9-15)30-22-19-12-21(29-3)20(11-18(19)14(2)31-32-22)23(34)33-4-6-35-7-5-33/h8-13,29H,4-7,28H2,1-3H3,(H,30,32)/t13-/m1/s1. The molecule has 0 saturated carbocycles. The van der Waals surface area contributed by atoms with Gasteiger partial charge in [-0.2, -0.15) is 18.3 Å². The average molecular weight is 489 g/mol. The fraction of sp³-hybridized carbons (Fsp3) is 0.375. The van der Waals surface area contributed by atoms with E-state index in [9.17, 15) is 18.0 Å². The van der Waals surface area contributed by atoms with Gasteiger partial charge in [-0.15, -0.1) is 5.10 Å². The van der Waals surface area contributed by atoms with E-state index < -0.39 is 17.8 Å². The Morgan fingerprint density at radius 1 is 1.11 bits per heavy atom. The highest BCUT2D eigenvalue weighted by Crippen LogP contribution is 2.35. The molecule has 1 atom stereocenters. The molecule has 4 rings (SSSR count). The molecule has 0 bridgehead atoms. The molecule has 4 N–H and O–H groups in total. The van der Waals surface area contributed by atoms with Crippen molar-refractivity contribution < 1.29 is 22.7 Å². The lowest BCUT2D eigenvalue weighted by Gasteiger charge is -2.28. The van der Waals surface area contributed by atoms with Crippen molar-refractivity contribution in [2.45, 2.75) is 26.1 Å². The molecule has 1 aliphatic rings. The van der Waals surface area contributed by atoms with Crippen LogP contribution in [-0.4, -0.2) is 54.4 Å². The number of nitrogen functional groups attached to an aromatic ring is 1. The predicted octanol–water partition coefficient (Wildman–Crippen LogP) is 4.23. The summed E-state index contributed by atoms with van der Waals surface area (Å²) in [5.41, 5.74) is 7.04. The fourth-order valence-corrected chi connectivity index (χ4v) is 4.13. The van der Waals surface area contributed by atoms with Crippen LogP contribution in [0.1, 0.15) is 40.1 Å². The van der Waals surface area contributed by atoms with Crippen LogP contribution >= 0.6 is 0 Å². The van der Waals surface area contributed by atoms with Crippen LogP contribution in [0.2, 0.25) is 0 Å². The third-order valence-corrected chi connectivity index (χ3v) is 6.06. The van der Waals surface area contributed by atoms with E-state index >= 15 is 0 Å². The number of nitrogens with two attached hydrogens (primary N) is 1. The van der Waals surface area contributed by atoms with E-state index in [-0.39, 0.29) is 11.6 Å². The number of ether oxygens (including phenoxy) is 1. The Kier molecular flexibility index (Phi) is 6.70. The third kappa shape index (κ3) is 5.09. The molecule has 0 radical (unpaired) electrons. The first kappa shape index (κ1) is 24.5. The van der Waals surface area contributed by atoms with Crippen LogP contribution in [0.15, 0.2) is 30.3 Å². The average Bonchev–Trinajstić information content (AvgIpc) is 2.84. The van der Waals surface area contributed by atoms with Crippen LogP contribution in [0.5, 0.6) is 0 Å². The number of alkyl halides is 3. The topological polar surface area (TPSA) is 105 Å². The summed E-state index contributed by atoms with van der Waals surface area (Å²) in [5, 5.41) is 16.1. The molecule has 186 valence electrons. The van der Waals surface area contributed by atoms with Crippen LogP contribution in [0.25, 0.3) is 10.8 Å². The van der Waals surface area contributed by atoms with Gasteiger partial charge >= 0.3 is 6.18 Å². The van der Waals surface area contributed by atoms with E-state index in [0.717, 1.165) is 12.1 Å². The summed E-state index contributed by atoms with van der Waals surface area (Å²) in [7, 11) is 1.72. The summed E-state index contributed by atoms with van der Waals surface area (Å²) in [5.74, 6) is 0.272. The molecule has 8 nitrogen and oxygen atoms in total. The van der Waals surface area contributed by atoms with E-state index in [4.69, 9.17) is 10.5 Å². The predicted molar refractivity (Wildman–Crippen MR) is 128 cm³/mol. The molecule has 0 aliphatic carbocycles. The fourth-order valence-electron chi connectivity index (χ4n) is 4.13. The first-order chi connectivity index (χ1) is 16.6. The van der Waals surface area contributed by atoms with Crippen molar-refractivity contribution in [2.75, 3.05) is 49.7 Å². The molecule has 1 fully saturated rings. The molecule has 1 aromatic heterocycles. The van der Waals surface area contributed by atoms with Crippen LogP contribution in [0.4, 0.5) is 30.4 Å². The number of aromatic nitrogens is 2. The van der Waals surface area contributed by atoms with Crippen LogP contribution in [0.3, 0.4) is 0 Å². The van der Waals surface area contributed by atoms with Gasteiger partial charge in [0, 0.05) is 42.3 Å². The lowest BCUT2D eigenvalue weighted by molar-refractivity contribution is -0.137. The zero-order valence-electron chi connectivity index (χ0n) is 19.7. The summed E-state index contributed by atoms with van der Waals surface area (Å²) < 4.78 is 45.2. The number of aryl methyl sites for hydroxylation is 1. The van der Waals surface area contributed by atoms with Crippen molar-refractivity contribution in [3.8, 4) is 0 Å². The molecule has 1 aliphatic heterocycles. The Morgan fingerprint density at radius 3 is 2.49 bits per heavy atom. The number of hydrogen-bond acceptors (Lipinski definition) is 7. The maximum atomic E-state index is 13.3. The third-order valence-electron chi connectivity index (χ3n) is 6.06. The van der Waals surface area contributed by atoms with Crippen LogP contribution in [-0.2, 0) is 10.9 Å². The Labute approximate surface area is 200 Å². The maximum Gasteiger partial charge on any atom is 0.416 e. The molecule has 11 heteroatoms. The minimum absolute atomic E-state index is 0.0204. The number of carbonyl (C=O) groups excluding carboxylic acids is 1. The summed E-state index contributed by atoms with van der Waals surface area (Å²) in [6.45, 7) is 5.52. The van der Waals surface area contributed by atoms with Crippen LogP contribution < -0.4 is 16.4 Å². The lowest BCUT2D eigenvalue weighted by Crippen LogP contribution is -2.40. The summed E-state index contributed by atoms with van der Waals surface area (Å²) in [6.07, 6.45) is -4.51. The van der Waals surface area contributed by atoms with Crippen molar-refractivity contribution in [2.24, 2.45) is 0 Å². The lowest BCUT2D eigenvalue weighted by atomic mass is 10.0. The number of nitrogens with one attached hydrogen (secondary N) is 2. The largest absolute Gasteiger partial charge is 0.416 e. The monoisotopic (exact) mass is 488 g/mol. The molecule has 1 saturated heterocycles. The van der Waals surface area contributed by atoms with Gasteiger partial charge in [0.25, 0.3) is 5.91 Å². The first-order valence-electron chi connectivity index (χ1n) is 11.2. The van der Waals surface area contributed by atoms with Gasteiger partial charge in [-0.05, 0) is 49.7 Å².